The van der Waals surface area contributed by atoms with E-state index in [9.17, 15) is 9.59 Å². The third-order valence-corrected chi connectivity index (χ3v) is 6.85. The highest BCUT2D eigenvalue weighted by Gasteiger charge is 2.41. The Morgan fingerprint density at radius 2 is 1.68 bits per heavy atom. The summed E-state index contributed by atoms with van der Waals surface area (Å²) in [5.74, 6) is -0.459. The van der Waals surface area contributed by atoms with Crippen LogP contribution in [0.15, 0.2) is 100 Å². The van der Waals surface area contributed by atoms with Gasteiger partial charge >= 0.3 is 0 Å². The predicted molar refractivity (Wildman–Crippen MR) is 134 cm³/mol. The summed E-state index contributed by atoms with van der Waals surface area (Å²) < 4.78 is 5.87. The van der Waals surface area contributed by atoms with Crippen molar-refractivity contribution in [2.24, 2.45) is 5.92 Å². The van der Waals surface area contributed by atoms with Gasteiger partial charge in [-0.3, -0.25) is 9.59 Å². The first-order valence-electron chi connectivity index (χ1n) is 11.5. The van der Waals surface area contributed by atoms with Crippen molar-refractivity contribution in [3.63, 3.8) is 0 Å². The molecule has 6 rings (SSSR count). The summed E-state index contributed by atoms with van der Waals surface area (Å²) in [5.41, 5.74) is 5.51. The summed E-state index contributed by atoms with van der Waals surface area (Å²) in [6, 6.07) is 22.9. The van der Waals surface area contributed by atoms with Crippen LogP contribution in [0, 0.1) is 12.8 Å². The Bertz CT molecular complexity index is 1500. The second-order valence-electron chi connectivity index (χ2n) is 9.10. The minimum atomic E-state index is -0.548. The molecule has 1 aliphatic carbocycles. The maximum Gasteiger partial charge on any atom is 0.197 e. The van der Waals surface area contributed by atoms with E-state index in [4.69, 9.17) is 4.42 Å². The van der Waals surface area contributed by atoms with Crippen LogP contribution in [-0.4, -0.2) is 5.78 Å². The quantitative estimate of drug-likeness (QED) is 0.397. The Morgan fingerprint density at radius 1 is 0.912 bits per heavy atom. The van der Waals surface area contributed by atoms with Gasteiger partial charge in [-0.15, -0.1) is 0 Å². The molecule has 4 aromatic rings. The highest BCUT2D eigenvalue weighted by molar-refractivity contribution is 5.91. The molecule has 3 atom stereocenters. The molecule has 3 aromatic carbocycles. The number of carbonyl (C=O) groups is 1. The predicted octanol–water partition coefficient (Wildman–Crippen LogP) is 5.94. The van der Waals surface area contributed by atoms with Gasteiger partial charge < -0.3 is 15.1 Å². The van der Waals surface area contributed by atoms with Crippen LogP contribution in [0.3, 0.4) is 0 Å². The standard InChI is InChI=1S/C29H24N2O3/c1-17-11-12-26-20(13-17)29(33)21(16-34-26)28-27-24(30-22-9-5-6-10-23(22)31-28)14-19(15-25(27)32)18-7-3-2-4-8-18/h2-14,16,19,27-28,30-31H,15H2,1H3. The van der Waals surface area contributed by atoms with E-state index < -0.39 is 12.0 Å². The Morgan fingerprint density at radius 3 is 2.50 bits per heavy atom. The van der Waals surface area contributed by atoms with Crippen molar-refractivity contribution < 1.29 is 9.21 Å². The van der Waals surface area contributed by atoms with Gasteiger partial charge in [0.2, 0.25) is 0 Å². The third-order valence-electron chi connectivity index (χ3n) is 6.85. The summed E-state index contributed by atoms with van der Waals surface area (Å²) in [6.45, 7) is 1.95. The number of anilines is 2. The lowest BCUT2D eigenvalue weighted by Gasteiger charge is -2.32. The fraction of sp³-hybridized carbons (Fsp3) is 0.172. The lowest BCUT2D eigenvalue weighted by molar-refractivity contribution is -0.122. The van der Waals surface area contributed by atoms with E-state index >= 15 is 0 Å². The number of Topliss-reactive ketones (excluding diaryl/α,β-unsaturated/α-hetero) is 1. The van der Waals surface area contributed by atoms with Crippen molar-refractivity contribution in [1.29, 1.82) is 0 Å². The van der Waals surface area contributed by atoms with Crippen molar-refractivity contribution in [1.82, 2.24) is 0 Å². The van der Waals surface area contributed by atoms with Gasteiger partial charge in [0.25, 0.3) is 0 Å². The fourth-order valence-electron chi connectivity index (χ4n) is 5.15. The minimum absolute atomic E-state index is 0.0194. The zero-order valence-electron chi connectivity index (χ0n) is 18.7. The van der Waals surface area contributed by atoms with Gasteiger partial charge in [0.15, 0.2) is 5.43 Å². The molecule has 1 aromatic heterocycles. The number of rotatable bonds is 2. The number of aryl methyl sites for hydroxylation is 1. The molecule has 3 unspecified atom stereocenters. The smallest absolute Gasteiger partial charge is 0.197 e. The van der Waals surface area contributed by atoms with Crippen LogP contribution < -0.4 is 16.1 Å². The van der Waals surface area contributed by atoms with Crippen LogP contribution in [-0.2, 0) is 4.79 Å². The monoisotopic (exact) mass is 448 g/mol. The average Bonchev–Trinajstić information content (AvgIpc) is 3.02. The molecule has 168 valence electrons. The van der Waals surface area contributed by atoms with Gasteiger partial charge in [-0.2, -0.15) is 0 Å². The van der Waals surface area contributed by atoms with E-state index in [2.05, 4.69) is 28.8 Å². The van der Waals surface area contributed by atoms with Crippen molar-refractivity contribution in [3.8, 4) is 0 Å². The molecule has 1 aliphatic heterocycles. The molecule has 0 spiro atoms. The Kier molecular flexibility index (Phi) is 4.84. The van der Waals surface area contributed by atoms with Crippen molar-refractivity contribution in [2.75, 3.05) is 10.6 Å². The largest absolute Gasteiger partial charge is 0.464 e. The zero-order valence-corrected chi connectivity index (χ0v) is 18.7. The Labute approximate surface area is 197 Å². The van der Waals surface area contributed by atoms with Crippen molar-refractivity contribution in [2.45, 2.75) is 25.3 Å². The second-order valence-corrected chi connectivity index (χ2v) is 9.10. The lowest BCUT2D eigenvalue weighted by atomic mass is 9.76. The Balaban J connectivity index is 1.53. The molecular formula is C29H24N2O3. The number of carbonyl (C=O) groups excluding carboxylic acids is 1. The summed E-state index contributed by atoms with van der Waals surface area (Å²) >= 11 is 0. The average molecular weight is 449 g/mol. The van der Waals surface area contributed by atoms with E-state index in [1.165, 1.54) is 6.26 Å². The molecule has 5 heteroatoms. The number of para-hydroxylation sites is 2. The number of fused-ring (bicyclic) bond motifs is 3. The molecular weight excluding hydrogens is 424 g/mol. The van der Waals surface area contributed by atoms with Crippen LogP contribution in [0.1, 0.15) is 35.1 Å². The summed E-state index contributed by atoms with van der Waals surface area (Å²) in [6.07, 6.45) is 4.04. The maximum atomic E-state index is 13.7. The van der Waals surface area contributed by atoms with Gasteiger partial charge in [0, 0.05) is 18.0 Å². The van der Waals surface area contributed by atoms with Gasteiger partial charge in [-0.25, -0.2) is 0 Å². The molecule has 0 saturated carbocycles. The number of hydrogen-bond acceptors (Lipinski definition) is 5. The molecule has 0 radical (unpaired) electrons. The van der Waals surface area contributed by atoms with Crippen LogP contribution in [0.4, 0.5) is 11.4 Å². The molecule has 0 amide bonds. The molecule has 0 fully saturated rings. The van der Waals surface area contributed by atoms with E-state index in [1.807, 2.05) is 67.6 Å². The van der Waals surface area contributed by atoms with E-state index in [0.29, 0.717) is 23.0 Å². The first kappa shape index (κ1) is 20.5. The van der Waals surface area contributed by atoms with Crippen LogP contribution in [0.2, 0.25) is 0 Å². The third kappa shape index (κ3) is 3.41. The minimum Gasteiger partial charge on any atom is -0.464 e. The van der Waals surface area contributed by atoms with Crippen molar-refractivity contribution in [3.05, 3.63) is 118 Å². The van der Waals surface area contributed by atoms with E-state index in [-0.39, 0.29) is 17.1 Å². The van der Waals surface area contributed by atoms with Gasteiger partial charge in [-0.1, -0.05) is 60.2 Å². The van der Waals surface area contributed by atoms with Crippen LogP contribution >= 0.6 is 0 Å². The highest BCUT2D eigenvalue weighted by Crippen LogP contribution is 2.44. The van der Waals surface area contributed by atoms with Gasteiger partial charge in [-0.05, 0) is 36.8 Å². The first-order valence-corrected chi connectivity index (χ1v) is 11.5. The highest BCUT2D eigenvalue weighted by atomic mass is 16.3. The normalized spacial score (nSPS) is 21.5. The SMILES string of the molecule is Cc1ccc2occ(C3Nc4ccccc4NC4=CC(c5ccccc5)CC(=O)C43)c(=O)c2c1. The second kappa shape index (κ2) is 8.03. The fourth-order valence-corrected chi connectivity index (χ4v) is 5.15. The molecule has 0 bridgehead atoms. The van der Waals surface area contributed by atoms with Crippen LogP contribution in [0.25, 0.3) is 11.0 Å². The number of benzene rings is 3. The summed E-state index contributed by atoms with van der Waals surface area (Å²) in [7, 11) is 0. The molecule has 5 nitrogen and oxygen atoms in total. The van der Waals surface area contributed by atoms with Crippen LogP contribution in [0.5, 0.6) is 0 Å². The maximum absolute atomic E-state index is 13.7. The molecule has 2 heterocycles. The zero-order chi connectivity index (χ0) is 23.2. The number of hydrogen-bond donors (Lipinski definition) is 2. The number of allylic oxidation sites excluding steroid dienone is 1. The summed E-state index contributed by atoms with van der Waals surface area (Å²) in [5, 5.41) is 7.53. The van der Waals surface area contributed by atoms with E-state index in [1.54, 1.807) is 0 Å². The van der Waals surface area contributed by atoms with Gasteiger partial charge in [0.1, 0.15) is 17.6 Å². The number of ketones is 1. The Hall–Kier alpha value is -4.12. The van der Waals surface area contributed by atoms with E-state index in [0.717, 1.165) is 28.2 Å². The van der Waals surface area contributed by atoms with Crippen molar-refractivity contribution >= 4 is 28.1 Å². The topological polar surface area (TPSA) is 71.3 Å². The molecule has 34 heavy (non-hydrogen) atoms. The molecule has 0 saturated heterocycles. The summed E-state index contributed by atoms with van der Waals surface area (Å²) in [4.78, 5) is 27.3. The lowest BCUT2D eigenvalue weighted by Crippen LogP contribution is -2.35. The number of nitrogens with one attached hydrogen (secondary N) is 2. The first-order chi connectivity index (χ1) is 16.6. The molecule has 2 N–H and O–H groups in total. The molecule has 2 aliphatic rings. The van der Waals surface area contributed by atoms with Gasteiger partial charge in [0.05, 0.1) is 34.3 Å².